The molecule has 5 heteroatoms. The Balaban J connectivity index is 2.23. The second-order valence-electron chi connectivity index (χ2n) is 4.81. The molecule has 0 aromatic heterocycles. The molecule has 0 fully saturated rings. The van der Waals surface area contributed by atoms with Gasteiger partial charge < -0.3 is 9.84 Å². The molecule has 1 unspecified atom stereocenters. The van der Waals surface area contributed by atoms with Crippen molar-refractivity contribution in [3.63, 3.8) is 0 Å². The summed E-state index contributed by atoms with van der Waals surface area (Å²) in [6.45, 7) is 1.48. The monoisotopic (exact) mass is 296 g/mol. The second kappa shape index (κ2) is 6.18. The first-order valence-corrected chi connectivity index (χ1v) is 6.38. The van der Waals surface area contributed by atoms with Gasteiger partial charge in [0.25, 0.3) is 0 Å². The van der Waals surface area contributed by atoms with Gasteiger partial charge in [0.05, 0.1) is 13.2 Å². The quantitative estimate of drug-likeness (QED) is 0.932. The van der Waals surface area contributed by atoms with Crippen LogP contribution in [-0.4, -0.2) is 12.2 Å². The predicted molar refractivity (Wildman–Crippen MR) is 72.7 cm³/mol. The van der Waals surface area contributed by atoms with Gasteiger partial charge in [-0.15, -0.1) is 0 Å². The van der Waals surface area contributed by atoms with Gasteiger partial charge >= 0.3 is 0 Å². The molecule has 0 aliphatic carbocycles. The highest BCUT2D eigenvalue weighted by Crippen LogP contribution is 2.25. The lowest BCUT2D eigenvalue weighted by Gasteiger charge is -2.14. The molecule has 0 radical (unpaired) electrons. The Kier molecular flexibility index (Phi) is 4.53. The average molecular weight is 296 g/mol. The maximum Gasteiger partial charge on any atom is 0.165 e. The lowest BCUT2D eigenvalue weighted by Crippen LogP contribution is -2.06. The SMILES string of the molecule is COc1ccc(CC(O)c2cc(C)c(F)cc2F)cc1F. The van der Waals surface area contributed by atoms with E-state index in [0.717, 1.165) is 6.07 Å². The van der Waals surface area contributed by atoms with Gasteiger partial charge in [-0.3, -0.25) is 0 Å². The van der Waals surface area contributed by atoms with Gasteiger partial charge in [-0.25, -0.2) is 13.2 Å². The normalized spacial score (nSPS) is 12.3. The predicted octanol–water partition coefficient (Wildman–Crippen LogP) is 3.70. The largest absolute Gasteiger partial charge is 0.494 e. The van der Waals surface area contributed by atoms with Crippen LogP contribution in [0.3, 0.4) is 0 Å². The van der Waals surface area contributed by atoms with Crippen LogP contribution in [0.4, 0.5) is 13.2 Å². The lowest BCUT2D eigenvalue weighted by atomic mass is 9.99. The molecule has 0 aliphatic rings. The Bertz CT molecular complexity index is 656. The number of aliphatic hydroxyl groups is 1. The number of halogens is 3. The minimum Gasteiger partial charge on any atom is -0.494 e. The van der Waals surface area contributed by atoms with Crippen molar-refractivity contribution in [3.05, 3.63) is 64.5 Å². The van der Waals surface area contributed by atoms with Crippen LogP contribution in [0.15, 0.2) is 30.3 Å². The summed E-state index contributed by atoms with van der Waals surface area (Å²) in [5.41, 5.74) is 0.721. The summed E-state index contributed by atoms with van der Waals surface area (Å²) in [7, 11) is 1.35. The number of methoxy groups -OCH3 is 1. The van der Waals surface area contributed by atoms with E-state index in [2.05, 4.69) is 0 Å². The zero-order chi connectivity index (χ0) is 15.6. The van der Waals surface area contributed by atoms with Crippen molar-refractivity contribution in [2.45, 2.75) is 19.4 Å². The van der Waals surface area contributed by atoms with E-state index in [1.807, 2.05) is 0 Å². The van der Waals surface area contributed by atoms with Gasteiger partial charge in [0.15, 0.2) is 11.6 Å². The van der Waals surface area contributed by atoms with Gasteiger partial charge in [0, 0.05) is 18.1 Å². The van der Waals surface area contributed by atoms with Crippen LogP contribution in [0, 0.1) is 24.4 Å². The Morgan fingerprint density at radius 3 is 2.38 bits per heavy atom. The fourth-order valence-corrected chi connectivity index (χ4v) is 2.11. The summed E-state index contributed by atoms with van der Waals surface area (Å²) < 4.78 is 45.3. The van der Waals surface area contributed by atoms with Crippen LogP contribution in [0.1, 0.15) is 22.8 Å². The van der Waals surface area contributed by atoms with Gasteiger partial charge in [-0.05, 0) is 36.2 Å². The Labute approximate surface area is 120 Å². The molecule has 2 aromatic carbocycles. The fraction of sp³-hybridized carbons (Fsp3) is 0.250. The van der Waals surface area contributed by atoms with E-state index < -0.39 is 23.6 Å². The van der Waals surface area contributed by atoms with Crippen LogP contribution in [0.5, 0.6) is 5.75 Å². The summed E-state index contributed by atoms with van der Waals surface area (Å²) in [6, 6.07) is 6.23. The second-order valence-corrected chi connectivity index (χ2v) is 4.81. The maximum absolute atomic E-state index is 13.7. The molecule has 1 atom stereocenters. The van der Waals surface area contributed by atoms with Crippen LogP contribution < -0.4 is 4.74 Å². The minimum absolute atomic E-state index is 0.00914. The Morgan fingerprint density at radius 2 is 1.76 bits per heavy atom. The summed E-state index contributed by atoms with van der Waals surface area (Å²) in [4.78, 5) is 0. The van der Waals surface area contributed by atoms with Crippen LogP contribution in [-0.2, 0) is 6.42 Å². The molecule has 112 valence electrons. The molecular weight excluding hydrogens is 281 g/mol. The number of ether oxygens (including phenoxy) is 1. The molecule has 1 N–H and O–H groups in total. The van der Waals surface area contributed by atoms with E-state index in [9.17, 15) is 18.3 Å². The molecule has 2 aromatic rings. The lowest BCUT2D eigenvalue weighted by molar-refractivity contribution is 0.173. The first-order valence-electron chi connectivity index (χ1n) is 6.38. The average Bonchev–Trinajstić information content (AvgIpc) is 2.43. The molecule has 0 heterocycles. The van der Waals surface area contributed by atoms with Crippen molar-refractivity contribution in [2.75, 3.05) is 7.11 Å². The number of aryl methyl sites for hydroxylation is 1. The fourth-order valence-electron chi connectivity index (χ4n) is 2.11. The topological polar surface area (TPSA) is 29.5 Å². The van der Waals surface area contributed by atoms with Crippen molar-refractivity contribution in [2.24, 2.45) is 0 Å². The van der Waals surface area contributed by atoms with Crippen molar-refractivity contribution < 1.29 is 23.0 Å². The van der Waals surface area contributed by atoms with E-state index in [4.69, 9.17) is 4.74 Å². The highest BCUT2D eigenvalue weighted by molar-refractivity contribution is 5.32. The van der Waals surface area contributed by atoms with E-state index in [0.29, 0.717) is 5.56 Å². The Morgan fingerprint density at radius 1 is 1.05 bits per heavy atom. The third-order valence-electron chi connectivity index (χ3n) is 3.28. The van der Waals surface area contributed by atoms with E-state index in [-0.39, 0.29) is 23.3 Å². The molecule has 2 nitrogen and oxygen atoms in total. The highest BCUT2D eigenvalue weighted by Gasteiger charge is 2.16. The molecule has 0 saturated heterocycles. The summed E-state index contributed by atoms with van der Waals surface area (Å²) in [6.07, 6.45) is -1.17. The molecular formula is C16H15F3O2. The van der Waals surface area contributed by atoms with Gasteiger partial charge in [-0.2, -0.15) is 0 Å². The zero-order valence-electron chi connectivity index (χ0n) is 11.7. The molecule has 2 rings (SSSR count). The summed E-state index contributed by atoms with van der Waals surface area (Å²) >= 11 is 0. The van der Waals surface area contributed by atoms with Crippen molar-refractivity contribution >= 4 is 0 Å². The van der Waals surface area contributed by atoms with Crippen LogP contribution >= 0.6 is 0 Å². The highest BCUT2D eigenvalue weighted by atomic mass is 19.1. The summed E-state index contributed by atoms with van der Waals surface area (Å²) in [5.74, 6) is -1.95. The Hall–Kier alpha value is -2.01. The smallest absolute Gasteiger partial charge is 0.165 e. The van der Waals surface area contributed by atoms with E-state index in [1.165, 1.54) is 32.2 Å². The molecule has 0 bridgehead atoms. The molecule has 0 amide bonds. The third kappa shape index (κ3) is 3.36. The van der Waals surface area contributed by atoms with Gasteiger partial charge in [-0.1, -0.05) is 6.07 Å². The van der Waals surface area contributed by atoms with Crippen LogP contribution in [0.2, 0.25) is 0 Å². The zero-order valence-corrected chi connectivity index (χ0v) is 11.7. The van der Waals surface area contributed by atoms with E-state index >= 15 is 0 Å². The summed E-state index contributed by atoms with van der Waals surface area (Å²) in [5, 5.41) is 10.1. The van der Waals surface area contributed by atoms with Gasteiger partial charge in [0.1, 0.15) is 11.6 Å². The number of benzene rings is 2. The number of aliphatic hydroxyl groups excluding tert-OH is 1. The first kappa shape index (κ1) is 15.4. The molecule has 0 saturated carbocycles. The minimum atomic E-state index is -1.18. The standard InChI is InChI=1S/C16H15F3O2/c1-9-5-11(13(18)8-12(9)17)15(20)7-10-3-4-16(21-2)14(19)6-10/h3-6,8,15,20H,7H2,1-2H3. The van der Waals surface area contributed by atoms with Crippen molar-refractivity contribution in [1.82, 2.24) is 0 Å². The van der Waals surface area contributed by atoms with Crippen molar-refractivity contribution in [1.29, 1.82) is 0 Å². The molecule has 0 spiro atoms. The molecule has 21 heavy (non-hydrogen) atoms. The van der Waals surface area contributed by atoms with Gasteiger partial charge in [0.2, 0.25) is 0 Å². The first-order chi connectivity index (χ1) is 9.92. The number of rotatable bonds is 4. The number of hydrogen-bond donors (Lipinski definition) is 1. The number of hydrogen-bond acceptors (Lipinski definition) is 2. The molecule has 0 aliphatic heterocycles. The van der Waals surface area contributed by atoms with E-state index in [1.54, 1.807) is 6.07 Å². The third-order valence-corrected chi connectivity index (χ3v) is 3.28. The van der Waals surface area contributed by atoms with Crippen molar-refractivity contribution in [3.8, 4) is 5.75 Å². The van der Waals surface area contributed by atoms with Crippen LogP contribution in [0.25, 0.3) is 0 Å². The maximum atomic E-state index is 13.7.